The zero-order valence-electron chi connectivity index (χ0n) is 10.2. The van der Waals surface area contributed by atoms with E-state index < -0.39 is 0 Å². The van der Waals surface area contributed by atoms with E-state index in [0.29, 0.717) is 0 Å². The summed E-state index contributed by atoms with van der Waals surface area (Å²) >= 11 is 3.42. The molecule has 0 radical (unpaired) electrons. The van der Waals surface area contributed by atoms with Gasteiger partial charge in [-0.05, 0) is 56.1 Å². The van der Waals surface area contributed by atoms with Gasteiger partial charge in [-0.25, -0.2) is 4.39 Å². The summed E-state index contributed by atoms with van der Waals surface area (Å²) in [6.45, 7) is 4.24. The number of halogens is 2. The second-order valence-corrected chi connectivity index (χ2v) is 4.80. The van der Waals surface area contributed by atoms with Crippen LogP contribution in [0.3, 0.4) is 0 Å². The predicted octanol–water partition coefficient (Wildman–Crippen LogP) is 4.08. The summed E-state index contributed by atoms with van der Waals surface area (Å²) in [6.07, 6.45) is 7.19. The second-order valence-electron chi connectivity index (χ2n) is 3.95. The van der Waals surface area contributed by atoms with E-state index >= 15 is 0 Å². The molecule has 94 valence electrons. The third-order valence-electron chi connectivity index (χ3n) is 2.43. The number of benzene rings is 1. The van der Waals surface area contributed by atoms with Gasteiger partial charge in [-0.1, -0.05) is 35.0 Å². The van der Waals surface area contributed by atoms with Gasteiger partial charge in [0.1, 0.15) is 5.82 Å². The molecule has 1 N–H and O–H groups in total. The molecule has 0 bridgehead atoms. The van der Waals surface area contributed by atoms with Crippen molar-refractivity contribution in [2.75, 3.05) is 13.1 Å². The maximum Gasteiger partial charge on any atom is 0.123 e. The summed E-state index contributed by atoms with van der Waals surface area (Å²) < 4.78 is 14.0. The van der Waals surface area contributed by atoms with Crippen LogP contribution in [0.5, 0.6) is 0 Å². The lowest BCUT2D eigenvalue weighted by molar-refractivity contribution is 0.625. The van der Waals surface area contributed by atoms with Gasteiger partial charge < -0.3 is 5.32 Å². The Morgan fingerprint density at radius 3 is 2.88 bits per heavy atom. The maximum atomic E-state index is 13.0. The van der Waals surface area contributed by atoms with E-state index in [0.717, 1.165) is 36.0 Å². The number of nitrogens with one attached hydrogen (secondary N) is 1. The highest BCUT2D eigenvalue weighted by Crippen LogP contribution is 2.18. The molecule has 0 aliphatic carbocycles. The first kappa shape index (κ1) is 14.4. The second kappa shape index (κ2) is 8.43. The van der Waals surface area contributed by atoms with Crippen molar-refractivity contribution in [2.24, 2.45) is 0 Å². The van der Waals surface area contributed by atoms with Crippen LogP contribution in [0, 0.1) is 5.82 Å². The Morgan fingerprint density at radius 2 is 2.12 bits per heavy atom. The number of rotatable bonds is 7. The molecular weight excluding hydrogens is 281 g/mol. The highest BCUT2D eigenvalue weighted by atomic mass is 79.9. The lowest BCUT2D eigenvalue weighted by Crippen LogP contribution is -2.14. The molecule has 0 heterocycles. The van der Waals surface area contributed by atoms with Crippen LogP contribution in [-0.4, -0.2) is 13.1 Å². The Kier molecular flexibility index (Phi) is 7.13. The quantitative estimate of drug-likeness (QED) is 0.591. The molecule has 0 aromatic heterocycles. The Morgan fingerprint density at radius 1 is 1.29 bits per heavy atom. The number of hydrogen-bond donors (Lipinski definition) is 1. The molecule has 1 nitrogen and oxygen atoms in total. The van der Waals surface area contributed by atoms with Crippen molar-refractivity contribution >= 4 is 15.9 Å². The zero-order chi connectivity index (χ0) is 12.5. The van der Waals surface area contributed by atoms with Crippen molar-refractivity contribution in [3.63, 3.8) is 0 Å². The standard InChI is InChI=1S/C14H19BrFN/c1-2-9-17-10-5-3-4-6-12-11-13(16)7-8-14(12)15/h3-4,7-8,11,17H,2,5-6,9-10H2,1H3. The van der Waals surface area contributed by atoms with Gasteiger partial charge >= 0.3 is 0 Å². The molecule has 17 heavy (non-hydrogen) atoms. The van der Waals surface area contributed by atoms with Crippen LogP contribution in [0.4, 0.5) is 4.39 Å². The fraction of sp³-hybridized carbons (Fsp3) is 0.429. The average Bonchev–Trinajstić information content (AvgIpc) is 2.32. The van der Waals surface area contributed by atoms with Gasteiger partial charge in [0.05, 0.1) is 0 Å². The summed E-state index contributed by atoms with van der Waals surface area (Å²) in [6, 6.07) is 4.79. The Labute approximate surface area is 111 Å². The fourth-order valence-corrected chi connectivity index (χ4v) is 1.92. The highest BCUT2D eigenvalue weighted by Gasteiger charge is 1.99. The van der Waals surface area contributed by atoms with Crippen LogP contribution in [-0.2, 0) is 6.42 Å². The minimum absolute atomic E-state index is 0.179. The smallest absolute Gasteiger partial charge is 0.123 e. The number of hydrogen-bond acceptors (Lipinski definition) is 1. The van der Waals surface area contributed by atoms with Gasteiger partial charge in [-0.15, -0.1) is 0 Å². The van der Waals surface area contributed by atoms with E-state index in [4.69, 9.17) is 0 Å². The van der Waals surface area contributed by atoms with Crippen molar-refractivity contribution in [2.45, 2.75) is 26.2 Å². The largest absolute Gasteiger partial charge is 0.316 e. The Balaban J connectivity index is 2.29. The first-order valence-corrected chi connectivity index (χ1v) is 6.83. The van der Waals surface area contributed by atoms with Crippen molar-refractivity contribution in [1.29, 1.82) is 0 Å². The molecule has 1 aromatic rings. The van der Waals surface area contributed by atoms with Gasteiger partial charge in [0.25, 0.3) is 0 Å². The normalized spacial score (nSPS) is 11.2. The maximum absolute atomic E-state index is 13.0. The van der Waals surface area contributed by atoms with E-state index in [1.165, 1.54) is 12.5 Å². The zero-order valence-corrected chi connectivity index (χ0v) is 11.8. The fourth-order valence-electron chi connectivity index (χ4n) is 1.52. The average molecular weight is 300 g/mol. The third-order valence-corrected chi connectivity index (χ3v) is 3.20. The van der Waals surface area contributed by atoms with Crippen LogP contribution in [0.15, 0.2) is 34.8 Å². The van der Waals surface area contributed by atoms with E-state index in [-0.39, 0.29) is 5.82 Å². The molecule has 0 saturated heterocycles. The van der Waals surface area contributed by atoms with Gasteiger partial charge in [0.15, 0.2) is 0 Å². The van der Waals surface area contributed by atoms with Crippen LogP contribution in [0.2, 0.25) is 0 Å². The molecule has 0 amide bonds. The van der Waals surface area contributed by atoms with Crippen LogP contribution >= 0.6 is 15.9 Å². The third kappa shape index (κ3) is 5.99. The highest BCUT2D eigenvalue weighted by molar-refractivity contribution is 9.10. The first-order valence-electron chi connectivity index (χ1n) is 6.03. The minimum atomic E-state index is -0.179. The molecular formula is C14H19BrFN. The minimum Gasteiger partial charge on any atom is -0.316 e. The van der Waals surface area contributed by atoms with Crippen LogP contribution in [0.25, 0.3) is 0 Å². The first-order chi connectivity index (χ1) is 8.24. The Hall–Kier alpha value is -0.670. The summed E-state index contributed by atoms with van der Waals surface area (Å²) in [7, 11) is 0. The van der Waals surface area contributed by atoms with E-state index in [2.05, 4.69) is 40.3 Å². The Bertz CT molecular complexity index is 363. The molecule has 0 saturated carbocycles. The van der Waals surface area contributed by atoms with Crippen molar-refractivity contribution in [3.05, 3.63) is 46.2 Å². The molecule has 0 aliphatic rings. The molecule has 0 unspecified atom stereocenters. The van der Waals surface area contributed by atoms with Crippen LogP contribution in [0.1, 0.15) is 25.3 Å². The van der Waals surface area contributed by atoms with Gasteiger partial charge in [-0.3, -0.25) is 0 Å². The lowest BCUT2D eigenvalue weighted by Gasteiger charge is -2.01. The SMILES string of the molecule is CCCNCCC=CCc1cc(F)ccc1Br. The lowest BCUT2D eigenvalue weighted by atomic mass is 10.1. The molecule has 0 atom stereocenters. The summed E-state index contributed by atoms with van der Waals surface area (Å²) in [5.74, 6) is -0.179. The van der Waals surface area contributed by atoms with E-state index in [1.807, 2.05) is 0 Å². The molecule has 0 fully saturated rings. The monoisotopic (exact) mass is 299 g/mol. The molecule has 1 aromatic carbocycles. The van der Waals surface area contributed by atoms with Crippen molar-refractivity contribution < 1.29 is 4.39 Å². The topological polar surface area (TPSA) is 12.0 Å². The van der Waals surface area contributed by atoms with Crippen molar-refractivity contribution in [1.82, 2.24) is 5.32 Å². The molecule has 1 rings (SSSR count). The van der Waals surface area contributed by atoms with Crippen LogP contribution < -0.4 is 5.32 Å². The van der Waals surface area contributed by atoms with Crippen molar-refractivity contribution in [3.8, 4) is 0 Å². The van der Waals surface area contributed by atoms with E-state index in [1.54, 1.807) is 12.1 Å². The summed E-state index contributed by atoms with van der Waals surface area (Å²) in [5.41, 5.74) is 0.989. The van der Waals surface area contributed by atoms with Gasteiger partial charge in [0, 0.05) is 4.47 Å². The molecule has 0 spiro atoms. The van der Waals surface area contributed by atoms with Gasteiger partial charge in [0.2, 0.25) is 0 Å². The predicted molar refractivity (Wildman–Crippen MR) is 74.7 cm³/mol. The van der Waals surface area contributed by atoms with E-state index in [9.17, 15) is 4.39 Å². The molecule has 3 heteroatoms. The summed E-state index contributed by atoms with van der Waals surface area (Å²) in [4.78, 5) is 0. The summed E-state index contributed by atoms with van der Waals surface area (Å²) in [5, 5.41) is 3.33. The number of allylic oxidation sites excluding steroid dienone is 1. The van der Waals surface area contributed by atoms with Gasteiger partial charge in [-0.2, -0.15) is 0 Å². The molecule has 0 aliphatic heterocycles.